The molecule has 0 bridgehead atoms. The molecule has 0 fully saturated rings. The van der Waals surface area contributed by atoms with E-state index in [9.17, 15) is 4.79 Å². The summed E-state index contributed by atoms with van der Waals surface area (Å²) in [6.45, 7) is 6.98. The predicted octanol–water partition coefficient (Wildman–Crippen LogP) is 2.37. The van der Waals surface area contributed by atoms with E-state index in [2.05, 4.69) is 55.5 Å². The molecule has 4 heteroatoms. The Morgan fingerprint density at radius 3 is 2.52 bits per heavy atom. The number of aryl methyl sites for hydroxylation is 2. The maximum Gasteiger partial charge on any atom is 0.224 e. The second-order valence-corrected chi connectivity index (χ2v) is 6.23. The van der Waals surface area contributed by atoms with Crippen LogP contribution in [0.25, 0.3) is 0 Å². The molecule has 4 nitrogen and oxygen atoms in total. The molecule has 0 unspecified atom stereocenters. The van der Waals surface area contributed by atoms with Gasteiger partial charge in [0.05, 0.1) is 12.6 Å². The van der Waals surface area contributed by atoms with Gasteiger partial charge in [0.15, 0.2) is 0 Å². The van der Waals surface area contributed by atoms with Crippen LogP contribution in [0.4, 0.5) is 0 Å². The summed E-state index contributed by atoms with van der Waals surface area (Å²) < 4.78 is 1.71. The normalized spacial score (nSPS) is 11.4. The Labute approximate surface area is 126 Å². The lowest BCUT2D eigenvalue weighted by atomic mass is 9.84. The maximum absolute atomic E-state index is 12.0. The number of nitrogens with zero attached hydrogens (tertiary/aromatic N) is 2. The first-order valence-electron chi connectivity index (χ1n) is 7.18. The van der Waals surface area contributed by atoms with Crippen LogP contribution in [0.2, 0.25) is 0 Å². The van der Waals surface area contributed by atoms with Crippen LogP contribution in [0.1, 0.15) is 30.5 Å². The number of carbonyl (C=O) groups excluding carboxylic acids is 1. The Bertz CT molecular complexity index is 611. The molecule has 21 heavy (non-hydrogen) atoms. The smallest absolute Gasteiger partial charge is 0.224 e. The number of benzene rings is 1. The number of hydrogen-bond acceptors (Lipinski definition) is 2. The SMILES string of the molecule is Cc1ccc(C(C)(C)CNC(=O)Cc2cnn(C)c2)cc1. The molecule has 0 saturated carbocycles. The van der Waals surface area contributed by atoms with Crippen LogP contribution in [-0.4, -0.2) is 22.2 Å². The van der Waals surface area contributed by atoms with E-state index in [1.165, 1.54) is 11.1 Å². The molecule has 0 radical (unpaired) electrons. The van der Waals surface area contributed by atoms with Gasteiger partial charge in [-0.25, -0.2) is 0 Å². The van der Waals surface area contributed by atoms with Gasteiger partial charge in [-0.15, -0.1) is 0 Å². The fourth-order valence-electron chi connectivity index (χ4n) is 2.24. The molecule has 0 aliphatic rings. The van der Waals surface area contributed by atoms with Crippen molar-refractivity contribution in [2.24, 2.45) is 7.05 Å². The molecule has 112 valence electrons. The Kier molecular flexibility index (Phi) is 4.46. The zero-order valence-electron chi connectivity index (χ0n) is 13.2. The highest BCUT2D eigenvalue weighted by molar-refractivity contribution is 5.78. The summed E-state index contributed by atoms with van der Waals surface area (Å²) in [5.41, 5.74) is 3.33. The Morgan fingerprint density at radius 1 is 1.29 bits per heavy atom. The van der Waals surface area contributed by atoms with Crippen LogP contribution in [0.3, 0.4) is 0 Å². The molecular formula is C17H23N3O. The van der Waals surface area contributed by atoms with Gasteiger partial charge in [0.1, 0.15) is 0 Å². The molecule has 0 saturated heterocycles. The molecule has 0 spiro atoms. The minimum atomic E-state index is -0.0850. The standard InChI is InChI=1S/C17H23N3O/c1-13-5-7-15(8-6-13)17(2,3)12-18-16(21)9-14-10-19-20(4)11-14/h5-8,10-11H,9,12H2,1-4H3,(H,18,21). The fraction of sp³-hybridized carbons (Fsp3) is 0.412. The van der Waals surface area contributed by atoms with Gasteiger partial charge in [0, 0.05) is 25.2 Å². The molecule has 1 heterocycles. The number of carbonyl (C=O) groups is 1. The molecule has 1 aromatic carbocycles. The maximum atomic E-state index is 12.0. The van der Waals surface area contributed by atoms with Gasteiger partial charge in [0.2, 0.25) is 5.91 Å². The largest absolute Gasteiger partial charge is 0.355 e. The van der Waals surface area contributed by atoms with Crippen LogP contribution in [0.15, 0.2) is 36.7 Å². The second-order valence-electron chi connectivity index (χ2n) is 6.23. The third kappa shape index (κ3) is 4.18. The monoisotopic (exact) mass is 285 g/mol. The van der Waals surface area contributed by atoms with Crippen LogP contribution >= 0.6 is 0 Å². The summed E-state index contributed by atoms with van der Waals surface area (Å²) in [5.74, 6) is 0.0307. The Morgan fingerprint density at radius 2 is 1.95 bits per heavy atom. The van der Waals surface area contributed by atoms with Gasteiger partial charge in [-0.2, -0.15) is 5.10 Å². The summed E-state index contributed by atoms with van der Waals surface area (Å²) >= 11 is 0. The van der Waals surface area contributed by atoms with Gasteiger partial charge >= 0.3 is 0 Å². The van der Waals surface area contributed by atoms with Crippen molar-refractivity contribution in [1.82, 2.24) is 15.1 Å². The Hall–Kier alpha value is -2.10. The van der Waals surface area contributed by atoms with Crippen molar-refractivity contribution >= 4 is 5.91 Å². The highest BCUT2D eigenvalue weighted by Crippen LogP contribution is 2.22. The lowest BCUT2D eigenvalue weighted by Crippen LogP contribution is -2.37. The van der Waals surface area contributed by atoms with E-state index in [1.54, 1.807) is 10.9 Å². The van der Waals surface area contributed by atoms with E-state index in [0.717, 1.165) is 5.56 Å². The number of rotatable bonds is 5. The molecule has 1 amide bonds. The fourth-order valence-corrected chi connectivity index (χ4v) is 2.24. The number of nitrogens with one attached hydrogen (secondary N) is 1. The Balaban J connectivity index is 1.91. The molecule has 0 aliphatic carbocycles. The highest BCUT2D eigenvalue weighted by Gasteiger charge is 2.21. The van der Waals surface area contributed by atoms with Crippen molar-refractivity contribution in [3.63, 3.8) is 0 Å². The minimum Gasteiger partial charge on any atom is -0.355 e. The van der Waals surface area contributed by atoms with Crippen LogP contribution in [0.5, 0.6) is 0 Å². The van der Waals surface area contributed by atoms with Crippen molar-refractivity contribution in [3.8, 4) is 0 Å². The number of amides is 1. The summed E-state index contributed by atoms with van der Waals surface area (Å²) in [5, 5.41) is 7.09. The zero-order valence-corrected chi connectivity index (χ0v) is 13.2. The molecule has 1 N–H and O–H groups in total. The molecule has 0 aliphatic heterocycles. The molecule has 2 rings (SSSR count). The van der Waals surface area contributed by atoms with Gasteiger partial charge < -0.3 is 5.32 Å². The van der Waals surface area contributed by atoms with E-state index in [4.69, 9.17) is 0 Å². The summed E-state index contributed by atoms with van der Waals surface area (Å²) in [4.78, 5) is 12.0. The third-order valence-electron chi connectivity index (χ3n) is 3.68. The lowest BCUT2D eigenvalue weighted by molar-refractivity contribution is -0.120. The van der Waals surface area contributed by atoms with Crippen molar-refractivity contribution in [2.75, 3.05) is 6.54 Å². The predicted molar refractivity (Wildman–Crippen MR) is 84.1 cm³/mol. The van der Waals surface area contributed by atoms with Gasteiger partial charge in [-0.05, 0) is 18.1 Å². The van der Waals surface area contributed by atoms with E-state index < -0.39 is 0 Å². The topological polar surface area (TPSA) is 46.9 Å². The minimum absolute atomic E-state index is 0.0307. The lowest BCUT2D eigenvalue weighted by Gasteiger charge is -2.25. The van der Waals surface area contributed by atoms with Gasteiger partial charge in [0.25, 0.3) is 0 Å². The first-order chi connectivity index (χ1) is 9.87. The first-order valence-corrected chi connectivity index (χ1v) is 7.18. The van der Waals surface area contributed by atoms with E-state index in [-0.39, 0.29) is 11.3 Å². The summed E-state index contributed by atoms with van der Waals surface area (Å²) in [6.07, 6.45) is 3.97. The van der Waals surface area contributed by atoms with E-state index >= 15 is 0 Å². The van der Waals surface area contributed by atoms with E-state index in [0.29, 0.717) is 13.0 Å². The molecule has 2 aromatic rings. The third-order valence-corrected chi connectivity index (χ3v) is 3.68. The number of aromatic nitrogens is 2. The van der Waals surface area contributed by atoms with Crippen LogP contribution < -0.4 is 5.32 Å². The number of hydrogen-bond donors (Lipinski definition) is 1. The highest BCUT2D eigenvalue weighted by atomic mass is 16.1. The first kappa shape index (κ1) is 15.3. The van der Waals surface area contributed by atoms with Crippen molar-refractivity contribution < 1.29 is 4.79 Å². The quantitative estimate of drug-likeness (QED) is 0.916. The summed E-state index contributed by atoms with van der Waals surface area (Å²) in [6, 6.07) is 8.47. The molecule has 0 atom stereocenters. The van der Waals surface area contributed by atoms with Gasteiger partial charge in [-0.1, -0.05) is 43.7 Å². The van der Waals surface area contributed by atoms with Crippen LogP contribution in [0, 0.1) is 6.92 Å². The zero-order chi connectivity index (χ0) is 15.5. The molecular weight excluding hydrogens is 262 g/mol. The second kappa shape index (κ2) is 6.12. The van der Waals surface area contributed by atoms with Crippen molar-refractivity contribution in [3.05, 3.63) is 53.3 Å². The van der Waals surface area contributed by atoms with Crippen molar-refractivity contribution in [1.29, 1.82) is 0 Å². The molecule has 1 aromatic heterocycles. The average molecular weight is 285 g/mol. The van der Waals surface area contributed by atoms with Crippen molar-refractivity contribution in [2.45, 2.75) is 32.6 Å². The van der Waals surface area contributed by atoms with Crippen LogP contribution in [-0.2, 0) is 23.7 Å². The summed E-state index contributed by atoms with van der Waals surface area (Å²) in [7, 11) is 1.85. The average Bonchev–Trinajstić information content (AvgIpc) is 2.82. The van der Waals surface area contributed by atoms with E-state index in [1.807, 2.05) is 13.2 Å². The van der Waals surface area contributed by atoms with Gasteiger partial charge in [-0.3, -0.25) is 9.48 Å².